The smallest absolute Gasteiger partial charge is 0.189 e. The molecule has 0 amide bonds. The summed E-state index contributed by atoms with van der Waals surface area (Å²) in [5, 5.41) is 5.02. The Balaban J connectivity index is 1.89. The van der Waals surface area contributed by atoms with Gasteiger partial charge in [-0.25, -0.2) is 0 Å². The number of nitrogens with one attached hydrogen (secondary N) is 1. The number of piperidine rings is 1. The quantitative estimate of drug-likeness (QED) is 0.511. The van der Waals surface area contributed by atoms with Gasteiger partial charge in [-0.05, 0) is 50.0 Å². The molecule has 0 aliphatic carbocycles. The molecule has 102 valence electrons. The van der Waals surface area contributed by atoms with Gasteiger partial charge >= 0.3 is 0 Å². The van der Waals surface area contributed by atoms with Gasteiger partial charge in [0, 0.05) is 19.3 Å². The normalized spacial score (nSPS) is 17.4. The van der Waals surface area contributed by atoms with E-state index in [1.807, 2.05) is 25.1 Å². The van der Waals surface area contributed by atoms with E-state index in [9.17, 15) is 0 Å². The van der Waals surface area contributed by atoms with Gasteiger partial charge < -0.3 is 4.90 Å². The number of likely N-dealkylation sites (tertiary alicyclic amines) is 1. The monoisotopic (exact) mass is 276 g/mol. The van der Waals surface area contributed by atoms with Crippen molar-refractivity contribution in [2.45, 2.75) is 26.7 Å². The van der Waals surface area contributed by atoms with Crippen LogP contribution in [-0.4, -0.2) is 33.8 Å². The molecule has 2 heterocycles. The Morgan fingerprint density at radius 3 is 2.79 bits per heavy atom. The molecule has 1 aliphatic heterocycles. The van der Waals surface area contributed by atoms with Gasteiger partial charge in [0.2, 0.25) is 0 Å². The van der Waals surface area contributed by atoms with E-state index in [0.29, 0.717) is 5.11 Å². The molecule has 0 aromatic carbocycles. The molecule has 0 saturated carbocycles. The topological polar surface area (TPSA) is 40.5 Å². The molecule has 19 heavy (non-hydrogen) atoms. The highest BCUT2D eigenvalue weighted by atomic mass is 32.1. The Bertz CT molecular complexity index is 450. The maximum absolute atomic E-state index is 5.37. The van der Waals surface area contributed by atoms with Crippen LogP contribution in [0.1, 0.15) is 32.4 Å². The highest BCUT2D eigenvalue weighted by Gasteiger charge is 2.17. The summed E-state index contributed by atoms with van der Waals surface area (Å²) in [7, 11) is 0. The Morgan fingerprint density at radius 2 is 2.16 bits per heavy atom. The Morgan fingerprint density at radius 1 is 1.42 bits per heavy atom. The molecule has 4 nitrogen and oxygen atoms in total. The number of thiocarbonyl (C=S) groups is 1. The molecule has 1 aromatic rings. The second-order valence-electron chi connectivity index (χ2n) is 5.00. The Labute approximate surface area is 119 Å². The van der Waals surface area contributed by atoms with E-state index < -0.39 is 0 Å². The molecule has 1 N–H and O–H groups in total. The third kappa shape index (κ3) is 3.99. The lowest BCUT2D eigenvalue weighted by molar-refractivity contribution is 0.278. The van der Waals surface area contributed by atoms with Gasteiger partial charge in [0.1, 0.15) is 0 Å². The second kappa shape index (κ2) is 6.61. The summed E-state index contributed by atoms with van der Waals surface area (Å²) >= 11 is 5.37. The average molecular weight is 276 g/mol. The lowest BCUT2D eigenvalue weighted by atomic mass is 10.00. The van der Waals surface area contributed by atoms with Crippen molar-refractivity contribution in [3.8, 4) is 0 Å². The van der Waals surface area contributed by atoms with Crippen LogP contribution < -0.4 is 5.43 Å². The number of hydrogen-bond acceptors (Lipinski definition) is 3. The van der Waals surface area contributed by atoms with Crippen LogP contribution in [-0.2, 0) is 0 Å². The Kier molecular flexibility index (Phi) is 4.85. The second-order valence-corrected chi connectivity index (χ2v) is 5.39. The van der Waals surface area contributed by atoms with Crippen LogP contribution in [0.2, 0.25) is 0 Å². The van der Waals surface area contributed by atoms with Crippen molar-refractivity contribution in [3.05, 3.63) is 30.1 Å². The van der Waals surface area contributed by atoms with Crippen LogP contribution in [0.4, 0.5) is 0 Å². The van der Waals surface area contributed by atoms with Crippen LogP contribution in [0, 0.1) is 5.92 Å². The minimum absolute atomic E-state index is 0.710. The molecule has 1 fully saturated rings. The molecule has 0 radical (unpaired) electrons. The molecule has 0 spiro atoms. The molecule has 0 unspecified atom stereocenters. The van der Waals surface area contributed by atoms with Gasteiger partial charge in [-0.15, -0.1) is 0 Å². The van der Waals surface area contributed by atoms with Crippen LogP contribution >= 0.6 is 12.2 Å². The average Bonchev–Trinajstić information content (AvgIpc) is 2.46. The van der Waals surface area contributed by atoms with Crippen molar-refractivity contribution in [3.63, 3.8) is 0 Å². The first-order valence-electron chi connectivity index (χ1n) is 6.67. The molecule has 5 heteroatoms. The molecule has 1 saturated heterocycles. The predicted octanol–water partition coefficient (Wildman–Crippen LogP) is 2.41. The molecular weight excluding hydrogens is 256 g/mol. The first-order chi connectivity index (χ1) is 9.16. The van der Waals surface area contributed by atoms with E-state index in [-0.39, 0.29) is 0 Å². The summed E-state index contributed by atoms with van der Waals surface area (Å²) in [6.07, 6.45) is 4.16. The third-order valence-electron chi connectivity index (χ3n) is 3.43. The largest absolute Gasteiger partial charge is 0.348 e. The number of pyridine rings is 1. The first-order valence-corrected chi connectivity index (χ1v) is 7.08. The summed E-state index contributed by atoms with van der Waals surface area (Å²) in [5.41, 5.74) is 4.68. The Hall–Kier alpha value is -1.49. The summed E-state index contributed by atoms with van der Waals surface area (Å²) in [5.74, 6) is 0.804. The van der Waals surface area contributed by atoms with Gasteiger partial charge in [0.15, 0.2) is 5.11 Å². The standard InChI is InChI=1S/C14H20N4S/c1-11-6-9-18(10-7-11)14(19)17-16-12(2)13-5-3-4-8-15-13/h3-5,8,11H,6-7,9-10H2,1-2H3,(H,17,19)/b16-12-. The number of rotatable bonds is 2. The summed E-state index contributed by atoms with van der Waals surface area (Å²) in [6.45, 7) is 6.25. The van der Waals surface area contributed by atoms with Crippen LogP contribution in [0.25, 0.3) is 0 Å². The predicted molar refractivity (Wildman–Crippen MR) is 82.2 cm³/mol. The van der Waals surface area contributed by atoms with Crippen LogP contribution in [0.3, 0.4) is 0 Å². The lowest BCUT2D eigenvalue weighted by Crippen LogP contribution is -2.42. The number of hydrazone groups is 1. The van der Waals surface area contributed by atoms with E-state index in [1.165, 1.54) is 12.8 Å². The fourth-order valence-electron chi connectivity index (χ4n) is 2.05. The first kappa shape index (κ1) is 13.9. The zero-order valence-electron chi connectivity index (χ0n) is 11.5. The summed E-state index contributed by atoms with van der Waals surface area (Å²) in [4.78, 5) is 6.44. The van der Waals surface area contributed by atoms with Crippen molar-refractivity contribution < 1.29 is 0 Å². The molecule has 2 rings (SSSR count). The van der Waals surface area contributed by atoms with E-state index in [4.69, 9.17) is 12.2 Å². The zero-order chi connectivity index (χ0) is 13.7. The molecule has 0 bridgehead atoms. The fourth-order valence-corrected chi connectivity index (χ4v) is 2.28. The van der Waals surface area contributed by atoms with Gasteiger partial charge in [0.25, 0.3) is 0 Å². The molecular formula is C14H20N4S. The summed E-state index contributed by atoms with van der Waals surface area (Å²) in [6, 6.07) is 5.78. The summed E-state index contributed by atoms with van der Waals surface area (Å²) < 4.78 is 0. The van der Waals surface area contributed by atoms with Gasteiger partial charge in [-0.2, -0.15) is 5.10 Å². The maximum Gasteiger partial charge on any atom is 0.189 e. The van der Waals surface area contributed by atoms with Gasteiger partial charge in [0.05, 0.1) is 11.4 Å². The van der Waals surface area contributed by atoms with Gasteiger partial charge in [-0.3, -0.25) is 10.4 Å². The molecule has 0 atom stereocenters. The maximum atomic E-state index is 5.37. The lowest BCUT2D eigenvalue weighted by Gasteiger charge is -2.31. The minimum atomic E-state index is 0.710. The van der Waals surface area contributed by atoms with Gasteiger partial charge in [-0.1, -0.05) is 13.0 Å². The molecule has 1 aliphatic rings. The van der Waals surface area contributed by atoms with Crippen molar-refractivity contribution in [2.75, 3.05) is 13.1 Å². The highest BCUT2D eigenvalue weighted by molar-refractivity contribution is 7.80. The minimum Gasteiger partial charge on any atom is -0.348 e. The molecule has 1 aromatic heterocycles. The number of nitrogens with zero attached hydrogens (tertiary/aromatic N) is 3. The number of hydrogen-bond donors (Lipinski definition) is 1. The highest BCUT2D eigenvalue weighted by Crippen LogP contribution is 2.15. The van der Waals surface area contributed by atoms with E-state index >= 15 is 0 Å². The van der Waals surface area contributed by atoms with Crippen molar-refractivity contribution >= 4 is 23.0 Å². The van der Waals surface area contributed by atoms with Crippen molar-refractivity contribution in [2.24, 2.45) is 11.0 Å². The van der Waals surface area contributed by atoms with E-state index in [1.54, 1.807) is 6.20 Å². The van der Waals surface area contributed by atoms with Crippen LogP contribution in [0.5, 0.6) is 0 Å². The van der Waals surface area contributed by atoms with E-state index in [2.05, 4.69) is 27.3 Å². The van der Waals surface area contributed by atoms with Crippen LogP contribution in [0.15, 0.2) is 29.5 Å². The van der Waals surface area contributed by atoms with E-state index in [0.717, 1.165) is 30.4 Å². The zero-order valence-corrected chi connectivity index (χ0v) is 12.3. The number of aromatic nitrogens is 1. The van der Waals surface area contributed by atoms with Crippen molar-refractivity contribution in [1.29, 1.82) is 0 Å². The fraction of sp³-hybridized carbons (Fsp3) is 0.500. The third-order valence-corrected chi connectivity index (χ3v) is 3.78. The SMILES string of the molecule is C/C(=N/NC(=S)N1CCC(C)CC1)c1ccccn1. The van der Waals surface area contributed by atoms with Crippen molar-refractivity contribution in [1.82, 2.24) is 15.3 Å².